The first kappa shape index (κ1) is 29.1. The second kappa shape index (κ2) is 15.6. The van der Waals surface area contributed by atoms with E-state index in [1.54, 1.807) is 0 Å². The van der Waals surface area contributed by atoms with Crippen LogP contribution in [0, 0.1) is 0 Å². The standard InChI is InChI=1S/C35H39NO5/c36-21-31-33(38-23-28-15-7-2-8-16-28)35(40-25-30-19-11-4-12-20-30)34(39-24-29-17-9-3-10-18-29)32(41-31)26-37-22-27-13-5-1-6-14-27/h1-20,31-35H,21-26,36H2/t31-,32+,33-,34+,35+/m0/s1. The first-order chi connectivity index (χ1) is 20.3. The molecule has 5 rings (SSSR count). The van der Waals surface area contributed by atoms with Gasteiger partial charge in [0.05, 0.1) is 39.1 Å². The summed E-state index contributed by atoms with van der Waals surface area (Å²) in [7, 11) is 0. The summed E-state index contributed by atoms with van der Waals surface area (Å²) in [6.07, 6.45) is -2.10. The third-order valence-electron chi connectivity index (χ3n) is 7.21. The maximum absolute atomic E-state index is 6.66. The molecule has 41 heavy (non-hydrogen) atoms. The van der Waals surface area contributed by atoms with Crippen molar-refractivity contribution in [2.24, 2.45) is 5.73 Å². The lowest BCUT2D eigenvalue weighted by molar-refractivity contribution is -0.270. The maximum atomic E-state index is 6.66. The summed E-state index contributed by atoms with van der Waals surface area (Å²) in [5.41, 5.74) is 10.6. The topological polar surface area (TPSA) is 72.2 Å². The van der Waals surface area contributed by atoms with Gasteiger partial charge in [-0.2, -0.15) is 0 Å². The van der Waals surface area contributed by atoms with E-state index in [2.05, 4.69) is 24.3 Å². The molecule has 0 amide bonds. The Morgan fingerprint density at radius 2 is 0.829 bits per heavy atom. The lowest BCUT2D eigenvalue weighted by Crippen LogP contribution is -2.62. The predicted molar refractivity (Wildman–Crippen MR) is 159 cm³/mol. The fourth-order valence-electron chi connectivity index (χ4n) is 5.07. The number of nitrogens with two attached hydrogens (primary N) is 1. The van der Waals surface area contributed by atoms with Crippen molar-refractivity contribution < 1.29 is 23.7 Å². The van der Waals surface area contributed by atoms with E-state index in [4.69, 9.17) is 29.4 Å². The van der Waals surface area contributed by atoms with Gasteiger partial charge in [-0.25, -0.2) is 0 Å². The van der Waals surface area contributed by atoms with Crippen molar-refractivity contribution in [3.8, 4) is 0 Å². The van der Waals surface area contributed by atoms with Gasteiger partial charge in [0.25, 0.3) is 0 Å². The van der Waals surface area contributed by atoms with E-state index in [1.807, 2.05) is 97.1 Å². The summed E-state index contributed by atoms with van der Waals surface area (Å²) < 4.78 is 32.5. The quantitative estimate of drug-likeness (QED) is 0.217. The van der Waals surface area contributed by atoms with Gasteiger partial charge in [0.15, 0.2) is 0 Å². The van der Waals surface area contributed by atoms with E-state index in [0.717, 1.165) is 22.3 Å². The van der Waals surface area contributed by atoms with E-state index in [9.17, 15) is 0 Å². The van der Waals surface area contributed by atoms with Crippen LogP contribution in [0.4, 0.5) is 0 Å². The highest BCUT2D eigenvalue weighted by Crippen LogP contribution is 2.30. The molecule has 1 fully saturated rings. The van der Waals surface area contributed by atoms with Gasteiger partial charge in [-0.15, -0.1) is 0 Å². The van der Waals surface area contributed by atoms with Crippen LogP contribution in [0.1, 0.15) is 22.3 Å². The van der Waals surface area contributed by atoms with Gasteiger partial charge in [0.1, 0.15) is 24.4 Å². The summed E-state index contributed by atoms with van der Waals surface area (Å²) in [5.74, 6) is 0. The number of benzene rings is 4. The molecule has 0 spiro atoms. The molecule has 1 heterocycles. The first-order valence-electron chi connectivity index (χ1n) is 14.2. The smallest absolute Gasteiger partial charge is 0.115 e. The van der Waals surface area contributed by atoms with Crippen LogP contribution in [0.2, 0.25) is 0 Å². The molecule has 0 aromatic heterocycles. The summed E-state index contributed by atoms with van der Waals surface area (Å²) in [6.45, 7) is 2.33. The van der Waals surface area contributed by atoms with Crippen LogP contribution >= 0.6 is 0 Å². The molecule has 5 atom stereocenters. The fourth-order valence-corrected chi connectivity index (χ4v) is 5.07. The predicted octanol–water partition coefficient (Wildman–Crippen LogP) is 5.69. The normalized spacial score (nSPS) is 22.4. The van der Waals surface area contributed by atoms with Gasteiger partial charge in [0.2, 0.25) is 0 Å². The molecular weight excluding hydrogens is 514 g/mol. The minimum Gasteiger partial charge on any atom is -0.374 e. The zero-order valence-electron chi connectivity index (χ0n) is 23.3. The van der Waals surface area contributed by atoms with Gasteiger partial charge in [0, 0.05) is 6.54 Å². The molecule has 0 saturated carbocycles. The van der Waals surface area contributed by atoms with Crippen LogP contribution in [0.25, 0.3) is 0 Å². The molecule has 1 aliphatic rings. The number of hydrogen-bond acceptors (Lipinski definition) is 6. The van der Waals surface area contributed by atoms with Crippen LogP contribution in [-0.4, -0.2) is 43.7 Å². The van der Waals surface area contributed by atoms with Crippen LogP contribution in [0.5, 0.6) is 0 Å². The van der Waals surface area contributed by atoms with Gasteiger partial charge < -0.3 is 29.4 Å². The van der Waals surface area contributed by atoms with Crippen molar-refractivity contribution in [3.63, 3.8) is 0 Å². The molecule has 2 N–H and O–H groups in total. The average molecular weight is 554 g/mol. The monoisotopic (exact) mass is 553 g/mol. The van der Waals surface area contributed by atoms with Gasteiger partial charge in [-0.3, -0.25) is 0 Å². The zero-order valence-corrected chi connectivity index (χ0v) is 23.3. The minimum absolute atomic E-state index is 0.283. The Hall–Kier alpha value is -3.36. The molecule has 214 valence electrons. The van der Waals surface area contributed by atoms with Crippen molar-refractivity contribution in [1.29, 1.82) is 0 Å². The van der Waals surface area contributed by atoms with Crippen molar-refractivity contribution in [2.75, 3.05) is 13.2 Å². The highest BCUT2D eigenvalue weighted by molar-refractivity contribution is 5.16. The Labute approximate surface area is 243 Å². The van der Waals surface area contributed by atoms with Crippen LogP contribution in [-0.2, 0) is 50.1 Å². The van der Waals surface area contributed by atoms with Crippen molar-refractivity contribution in [3.05, 3.63) is 144 Å². The largest absolute Gasteiger partial charge is 0.374 e. The Morgan fingerprint density at radius 3 is 1.24 bits per heavy atom. The minimum atomic E-state index is -0.446. The first-order valence-corrected chi connectivity index (χ1v) is 14.2. The highest BCUT2D eigenvalue weighted by Gasteiger charge is 2.48. The molecule has 0 unspecified atom stereocenters. The van der Waals surface area contributed by atoms with E-state index in [-0.39, 0.29) is 12.6 Å². The second-order valence-corrected chi connectivity index (χ2v) is 10.2. The average Bonchev–Trinajstić information content (AvgIpc) is 3.04. The van der Waals surface area contributed by atoms with Crippen LogP contribution in [0.3, 0.4) is 0 Å². The Kier molecular flexibility index (Phi) is 11.1. The van der Waals surface area contributed by atoms with E-state index in [0.29, 0.717) is 33.0 Å². The molecule has 1 aliphatic heterocycles. The number of hydrogen-bond donors (Lipinski definition) is 1. The fraction of sp³-hybridized carbons (Fsp3) is 0.314. The Bertz CT molecular complexity index is 1260. The molecule has 4 aromatic rings. The van der Waals surface area contributed by atoms with E-state index >= 15 is 0 Å². The molecule has 1 saturated heterocycles. The second-order valence-electron chi connectivity index (χ2n) is 10.2. The molecule has 0 radical (unpaired) electrons. The number of rotatable bonds is 14. The van der Waals surface area contributed by atoms with Crippen LogP contribution in [0.15, 0.2) is 121 Å². The SMILES string of the molecule is NC[C@@H]1O[C@H](COCc2ccccc2)[C@@H](OCc2ccccc2)[C@H](OCc2ccccc2)[C@H]1OCc1ccccc1. The van der Waals surface area contributed by atoms with Gasteiger partial charge in [-0.05, 0) is 22.3 Å². The highest BCUT2D eigenvalue weighted by atomic mass is 16.6. The molecular formula is C35H39NO5. The van der Waals surface area contributed by atoms with Gasteiger partial charge in [-0.1, -0.05) is 121 Å². The van der Waals surface area contributed by atoms with Crippen LogP contribution < -0.4 is 5.73 Å². The van der Waals surface area contributed by atoms with Crippen molar-refractivity contribution in [2.45, 2.75) is 56.9 Å². The van der Waals surface area contributed by atoms with Crippen molar-refractivity contribution >= 4 is 0 Å². The van der Waals surface area contributed by atoms with Crippen molar-refractivity contribution in [1.82, 2.24) is 0 Å². The van der Waals surface area contributed by atoms with E-state index < -0.39 is 24.4 Å². The summed E-state index contributed by atoms with van der Waals surface area (Å²) in [4.78, 5) is 0. The molecule has 0 bridgehead atoms. The summed E-state index contributed by atoms with van der Waals surface area (Å²) >= 11 is 0. The molecule has 0 aliphatic carbocycles. The Morgan fingerprint density at radius 1 is 0.463 bits per heavy atom. The third-order valence-corrected chi connectivity index (χ3v) is 7.21. The lowest BCUT2D eigenvalue weighted by atomic mass is 9.94. The maximum Gasteiger partial charge on any atom is 0.115 e. The third kappa shape index (κ3) is 8.57. The number of ether oxygens (including phenoxy) is 5. The Balaban J connectivity index is 1.38. The summed E-state index contributed by atoms with van der Waals surface area (Å²) in [5, 5.41) is 0. The molecule has 6 heteroatoms. The zero-order chi connectivity index (χ0) is 28.1. The molecule has 4 aromatic carbocycles. The van der Waals surface area contributed by atoms with E-state index in [1.165, 1.54) is 0 Å². The van der Waals surface area contributed by atoms with Gasteiger partial charge >= 0.3 is 0 Å². The lowest BCUT2D eigenvalue weighted by Gasteiger charge is -2.46. The molecule has 6 nitrogen and oxygen atoms in total. The summed E-state index contributed by atoms with van der Waals surface area (Å²) in [6, 6.07) is 40.5.